The summed E-state index contributed by atoms with van der Waals surface area (Å²) in [6.45, 7) is 5.54. The molecule has 0 atom stereocenters. The number of nitrogens with zero attached hydrogens (tertiary/aromatic N) is 2. The molecule has 0 saturated heterocycles. The zero-order valence-electron chi connectivity index (χ0n) is 18.9. The summed E-state index contributed by atoms with van der Waals surface area (Å²) in [4.78, 5) is 36.8. The fraction of sp³-hybridized carbons (Fsp3) is 0.280. The van der Waals surface area contributed by atoms with Crippen molar-refractivity contribution >= 4 is 23.3 Å². The Hall–Kier alpha value is -3.94. The van der Waals surface area contributed by atoms with Crippen molar-refractivity contribution in [3.8, 4) is 11.4 Å². The fourth-order valence-corrected chi connectivity index (χ4v) is 3.07. The predicted molar refractivity (Wildman–Crippen MR) is 124 cm³/mol. The molecule has 33 heavy (non-hydrogen) atoms. The van der Waals surface area contributed by atoms with Crippen molar-refractivity contribution < 1.29 is 23.9 Å². The minimum Gasteiger partial charge on any atom is -0.481 e. The van der Waals surface area contributed by atoms with E-state index in [9.17, 15) is 14.4 Å². The minimum atomic E-state index is -0.629. The number of para-hydroxylation sites is 1. The second-order valence-corrected chi connectivity index (χ2v) is 7.78. The molecule has 172 valence electrons. The van der Waals surface area contributed by atoms with Crippen LogP contribution in [-0.4, -0.2) is 40.7 Å². The molecular weight excluding hydrogens is 422 g/mol. The van der Waals surface area contributed by atoms with Gasteiger partial charge in [0.2, 0.25) is 11.6 Å². The summed E-state index contributed by atoms with van der Waals surface area (Å²) in [5.74, 6) is -0.570. The van der Waals surface area contributed by atoms with Gasteiger partial charge in [0.15, 0.2) is 18.1 Å². The Kier molecular flexibility index (Phi) is 7.96. The first-order chi connectivity index (χ1) is 15.9. The number of ketones is 1. The number of aromatic nitrogens is 2. The molecule has 1 amide bonds. The summed E-state index contributed by atoms with van der Waals surface area (Å²) >= 11 is 0. The van der Waals surface area contributed by atoms with E-state index in [1.807, 2.05) is 44.2 Å². The van der Waals surface area contributed by atoms with Gasteiger partial charge in [0.05, 0.1) is 18.5 Å². The highest BCUT2D eigenvalue weighted by molar-refractivity contribution is 5.98. The van der Waals surface area contributed by atoms with Crippen molar-refractivity contribution in [1.29, 1.82) is 0 Å². The van der Waals surface area contributed by atoms with Gasteiger partial charge in [-0.3, -0.25) is 9.59 Å². The van der Waals surface area contributed by atoms with Crippen LogP contribution in [0.15, 0.2) is 60.8 Å². The maximum Gasteiger partial charge on any atom is 0.362 e. The Labute approximate surface area is 192 Å². The summed E-state index contributed by atoms with van der Waals surface area (Å²) in [5, 5.41) is 7.08. The van der Waals surface area contributed by atoms with Crippen molar-refractivity contribution in [1.82, 2.24) is 9.78 Å². The number of rotatable bonds is 10. The number of anilines is 1. The number of amides is 1. The molecule has 8 heteroatoms. The van der Waals surface area contributed by atoms with Gasteiger partial charge in [0, 0.05) is 17.7 Å². The highest BCUT2D eigenvalue weighted by Crippen LogP contribution is 2.21. The molecule has 0 spiro atoms. The third-order valence-electron chi connectivity index (χ3n) is 4.61. The number of hydrogen-bond acceptors (Lipinski definition) is 6. The lowest BCUT2D eigenvalue weighted by Gasteiger charge is -2.08. The number of carbonyl (C=O) groups is 3. The first-order valence-electron chi connectivity index (χ1n) is 10.8. The van der Waals surface area contributed by atoms with Crippen LogP contribution in [-0.2, 0) is 9.53 Å². The minimum absolute atomic E-state index is 0.00304. The van der Waals surface area contributed by atoms with Crippen LogP contribution >= 0.6 is 0 Å². The molecule has 0 aliphatic carbocycles. The van der Waals surface area contributed by atoms with Crippen molar-refractivity contribution in [3.63, 3.8) is 0 Å². The molecule has 0 fully saturated rings. The standard InChI is InChI=1S/C25H27N3O5/c1-4-32-25(31)24-22(15-28(27-24)20-8-6-5-7-9-20)33-16-21(29)18-10-12-19(13-11-18)26-23(30)14-17(2)3/h5-13,15,17H,4,14,16H2,1-3H3,(H,26,30). The lowest BCUT2D eigenvalue weighted by atomic mass is 10.1. The average Bonchev–Trinajstić information content (AvgIpc) is 3.22. The zero-order valence-corrected chi connectivity index (χ0v) is 18.9. The van der Waals surface area contributed by atoms with E-state index in [2.05, 4.69) is 10.4 Å². The maximum atomic E-state index is 12.6. The van der Waals surface area contributed by atoms with Crippen LogP contribution in [0.5, 0.6) is 5.75 Å². The number of esters is 1. The summed E-state index contributed by atoms with van der Waals surface area (Å²) in [5.41, 5.74) is 1.77. The fourth-order valence-electron chi connectivity index (χ4n) is 3.07. The summed E-state index contributed by atoms with van der Waals surface area (Å²) < 4.78 is 12.2. The van der Waals surface area contributed by atoms with Gasteiger partial charge in [-0.05, 0) is 49.2 Å². The Bertz CT molecular complexity index is 1100. The van der Waals surface area contributed by atoms with Crippen molar-refractivity contribution in [2.45, 2.75) is 27.2 Å². The van der Waals surface area contributed by atoms with Crippen LogP contribution < -0.4 is 10.1 Å². The summed E-state index contributed by atoms with van der Waals surface area (Å²) in [7, 11) is 0. The smallest absolute Gasteiger partial charge is 0.362 e. The molecule has 0 saturated carbocycles. The molecule has 8 nitrogen and oxygen atoms in total. The SMILES string of the molecule is CCOC(=O)c1nn(-c2ccccc2)cc1OCC(=O)c1ccc(NC(=O)CC(C)C)cc1. The predicted octanol–water partition coefficient (Wildman–Crippen LogP) is 4.30. The van der Waals surface area contributed by atoms with Gasteiger partial charge in [-0.15, -0.1) is 0 Å². The first-order valence-corrected chi connectivity index (χ1v) is 10.8. The molecule has 0 unspecified atom stereocenters. The second kappa shape index (κ2) is 11.1. The third kappa shape index (κ3) is 6.52. The number of benzene rings is 2. The molecule has 0 radical (unpaired) electrons. The summed E-state index contributed by atoms with van der Waals surface area (Å²) in [6, 6.07) is 15.8. The largest absolute Gasteiger partial charge is 0.481 e. The molecule has 1 aromatic heterocycles. The van der Waals surface area contributed by atoms with Gasteiger partial charge in [0.25, 0.3) is 0 Å². The molecular formula is C25H27N3O5. The molecule has 3 rings (SSSR count). The Morgan fingerprint density at radius 1 is 1.03 bits per heavy atom. The second-order valence-electron chi connectivity index (χ2n) is 7.78. The van der Waals surface area contributed by atoms with E-state index >= 15 is 0 Å². The number of ether oxygens (including phenoxy) is 2. The summed E-state index contributed by atoms with van der Waals surface area (Å²) in [6.07, 6.45) is 1.97. The Balaban J connectivity index is 1.69. The van der Waals surface area contributed by atoms with Crippen LogP contribution in [0.25, 0.3) is 5.69 Å². The highest BCUT2D eigenvalue weighted by Gasteiger charge is 2.21. The van der Waals surface area contributed by atoms with Crippen LogP contribution in [0.4, 0.5) is 5.69 Å². The van der Waals surface area contributed by atoms with Crippen LogP contribution in [0.3, 0.4) is 0 Å². The van der Waals surface area contributed by atoms with Gasteiger partial charge in [-0.1, -0.05) is 32.0 Å². The normalized spacial score (nSPS) is 10.7. The Morgan fingerprint density at radius 2 is 1.73 bits per heavy atom. The van der Waals surface area contributed by atoms with Gasteiger partial charge in [-0.25, -0.2) is 9.48 Å². The van der Waals surface area contributed by atoms with Crippen LogP contribution in [0.2, 0.25) is 0 Å². The molecule has 0 bridgehead atoms. The number of carbonyl (C=O) groups excluding carboxylic acids is 3. The number of hydrogen-bond donors (Lipinski definition) is 1. The maximum absolute atomic E-state index is 12.6. The molecule has 3 aromatic rings. The van der Waals surface area contributed by atoms with E-state index in [0.29, 0.717) is 17.7 Å². The zero-order chi connectivity index (χ0) is 23.8. The molecule has 2 aromatic carbocycles. The lowest BCUT2D eigenvalue weighted by molar-refractivity contribution is -0.116. The van der Waals surface area contributed by atoms with Crippen molar-refractivity contribution in [2.75, 3.05) is 18.5 Å². The lowest BCUT2D eigenvalue weighted by Crippen LogP contribution is -2.15. The van der Waals surface area contributed by atoms with E-state index in [-0.39, 0.29) is 42.3 Å². The molecule has 0 aliphatic heterocycles. The van der Waals surface area contributed by atoms with Gasteiger partial charge in [-0.2, -0.15) is 5.10 Å². The van der Waals surface area contributed by atoms with Gasteiger partial charge >= 0.3 is 5.97 Å². The Morgan fingerprint density at radius 3 is 2.36 bits per heavy atom. The monoisotopic (exact) mass is 449 g/mol. The van der Waals surface area contributed by atoms with E-state index < -0.39 is 5.97 Å². The van der Waals surface area contributed by atoms with E-state index in [4.69, 9.17) is 9.47 Å². The number of nitrogens with one attached hydrogen (secondary N) is 1. The van der Waals surface area contributed by atoms with Crippen molar-refractivity contribution in [2.24, 2.45) is 5.92 Å². The topological polar surface area (TPSA) is 99.5 Å². The van der Waals surface area contributed by atoms with E-state index in [1.54, 1.807) is 37.4 Å². The first kappa shape index (κ1) is 23.7. The third-order valence-corrected chi connectivity index (χ3v) is 4.61. The van der Waals surface area contributed by atoms with Gasteiger partial charge < -0.3 is 14.8 Å². The van der Waals surface area contributed by atoms with E-state index in [1.165, 1.54) is 4.68 Å². The molecule has 1 N–H and O–H groups in total. The van der Waals surface area contributed by atoms with Crippen LogP contribution in [0.1, 0.15) is 48.0 Å². The van der Waals surface area contributed by atoms with E-state index in [0.717, 1.165) is 5.69 Å². The highest BCUT2D eigenvalue weighted by atomic mass is 16.5. The molecule has 1 heterocycles. The molecule has 0 aliphatic rings. The van der Waals surface area contributed by atoms with Gasteiger partial charge in [0.1, 0.15) is 0 Å². The van der Waals surface area contributed by atoms with Crippen molar-refractivity contribution in [3.05, 3.63) is 72.1 Å². The number of Topliss-reactive ketones (excluding diaryl/α,β-unsaturated/α-hetero) is 1. The average molecular weight is 450 g/mol. The van der Waals surface area contributed by atoms with Crippen LogP contribution in [0, 0.1) is 5.92 Å². The quantitative estimate of drug-likeness (QED) is 0.366.